The van der Waals surface area contributed by atoms with Crippen LogP contribution in [0.15, 0.2) is 40.2 Å². The summed E-state index contributed by atoms with van der Waals surface area (Å²) in [5.74, 6) is -0.131. The highest BCUT2D eigenvalue weighted by Gasteiger charge is 2.14. The maximum Gasteiger partial charge on any atom is 0.328 e. The molecule has 1 N–H and O–H groups in total. The fourth-order valence-corrected chi connectivity index (χ4v) is 3.49. The molecule has 0 spiro atoms. The first-order chi connectivity index (χ1) is 13.2. The third kappa shape index (κ3) is 4.57. The van der Waals surface area contributed by atoms with Crippen LogP contribution in [0.3, 0.4) is 0 Å². The summed E-state index contributed by atoms with van der Waals surface area (Å²) in [7, 11) is 3.26. The van der Waals surface area contributed by atoms with Crippen LogP contribution in [-0.2, 0) is 14.1 Å². The number of nitro groups is 1. The van der Waals surface area contributed by atoms with Crippen molar-refractivity contribution in [1.82, 2.24) is 9.13 Å². The van der Waals surface area contributed by atoms with Crippen molar-refractivity contribution in [1.29, 1.82) is 0 Å². The van der Waals surface area contributed by atoms with Crippen LogP contribution in [0.5, 0.6) is 0 Å². The standard InChI is InChI=1S/C18H20N4O4S2/c1-5-15(19-16-11(2)20(3)18(24)21(4)17(16)27)28-10-14(23)12-7-6-8-13(9-12)22(25)26/h5-9,19H,10H2,1-4H3/b15-5+. The van der Waals surface area contributed by atoms with Crippen molar-refractivity contribution in [2.45, 2.75) is 13.8 Å². The van der Waals surface area contributed by atoms with Crippen molar-refractivity contribution >= 4 is 41.1 Å². The Morgan fingerprint density at radius 1 is 1.36 bits per heavy atom. The largest absolute Gasteiger partial charge is 0.347 e. The molecule has 0 saturated carbocycles. The fraction of sp³-hybridized carbons (Fsp3) is 0.278. The maximum absolute atomic E-state index is 12.4. The van der Waals surface area contributed by atoms with E-state index in [1.54, 1.807) is 33.2 Å². The molecule has 0 amide bonds. The van der Waals surface area contributed by atoms with Crippen molar-refractivity contribution < 1.29 is 9.72 Å². The Kier molecular flexibility index (Phi) is 6.92. The van der Waals surface area contributed by atoms with Gasteiger partial charge in [0.15, 0.2) is 5.78 Å². The molecule has 1 aromatic heterocycles. The number of non-ortho nitro benzene ring substituents is 1. The Labute approximate surface area is 171 Å². The SMILES string of the molecule is C/C=C(\Nc1c(C)n(C)c(=O)n(C)c1=S)SCC(=O)c1cccc([N+](=O)[O-])c1. The second-order valence-corrected chi connectivity index (χ2v) is 7.37. The molecule has 0 saturated heterocycles. The Balaban J connectivity index is 2.18. The summed E-state index contributed by atoms with van der Waals surface area (Å²) in [4.78, 5) is 34.8. The number of carbonyl (C=O) groups is 1. The van der Waals surface area contributed by atoms with Crippen LogP contribution in [0.4, 0.5) is 11.4 Å². The maximum atomic E-state index is 12.4. The molecule has 0 aliphatic heterocycles. The number of rotatable bonds is 7. The minimum Gasteiger partial charge on any atom is -0.347 e. The van der Waals surface area contributed by atoms with Crippen molar-refractivity contribution in [2.24, 2.45) is 14.1 Å². The van der Waals surface area contributed by atoms with Gasteiger partial charge in [-0.05, 0) is 13.8 Å². The van der Waals surface area contributed by atoms with E-state index in [2.05, 4.69) is 5.32 Å². The number of hydrogen-bond acceptors (Lipinski definition) is 7. The van der Waals surface area contributed by atoms with Crippen LogP contribution < -0.4 is 11.0 Å². The second-order valence-electron chi connectivity index (χ2n) is 5.96. The molecule has 0 radical (unpaired) electrons. The topological polar surface area (TPSA) is 99.2 Å². The Morgan fingerprint density at radius 2 is 2.04 bits per heavy atom. The van der Waals surface area contributed by atoms with Crippen LogP contribution in [0.1, 0.15) is 23.0 Å². The first-order valence-corrected chi connectivity index (χ1v) is 9.67. The number of carbonyl (C=O) groups excluding carboxylic acids is 1. The van der Waals surface area contributed by atoms with E-state index in [-0.39, 0.29) is 28.5 Å². The summed E-state index contributed by atoms with van der Waals surface area (Å²) in [6, 6.07) is 5.65. The molecular weight excluding hydrogens is 400 g/mol. The molecule has 10 heteroatoms. The van der Waals surface area contributed by atoms with E-state index in [4.69, 9.17) is 12.2 Å². The van der Waals surface area contributed by atoms with E-state index in [9.17, 15) is 19.7 Å². The predicted molar refractivity (Wildman–Crippen MR) is 113 cm³/mol. The van der Waals surface area contributed by atoms with Gasteiger partial charge in [0, 0.05) is 37.5 Å². The van der Waals surface area contributed by atoms with Gasteiger partial charge in [0.1, 0.15) is 4.64 Å². The zero-order valence-corrected chi connectivity index (χ0v) is 17.5. The monoisotopic (exact) mass is 420 g/mol. The molecule has 0 bridgehead atoms. The first-order valence-electron chi connectivity index (χ1n) is 8.27. The van der Waals surface area contributed by atoms with Gasteiger partial charge in [0.05, 0.1) is 21.4 Å². The molecule has 148 valence electrons. The van der Waals surface area contributed by atoms with E-state index in [1.165, 1.54) is 39.1 Å². The Bertz CT molecular complexity index is 1090. The van der Waals surface area contributed by atoms with Gasteiger partial charge in [-0.2, -0.15) is 0 Å². The van der Waals surface area contributed by atoms with Gasteiger partial charge >= 0.3 is 5.69 Å². The van der Waals surface area contributed by atoms with Crippen LogP contribution >= 0.6 is 24.0 Å². The highest BCUT2D eigenvalue weighted by atomic mass is 32.2. The predicted octanol–water partition coefficient (Wildman–Crippen LogP) is 3.56. The second kappa shape index (κ2) is 8.98. The molecule has 2 aromatic rings. The van der Waals surface area contributed by atoms with Crippen LogP contribution in [0.2, 0.25) is 0 Å². The van der Waals surface area contributed by atoms with Crippen molar-refractivity contribution in [3.05, 3.63) is 71.9 Å². The summed E-state index contributed by atoms with van der Waals surface area (Å²) < 4.78 is 3.23. The number of ketones is 1. The van der Waals surface area contributed by atoms with Gasteiger partial charge in [-0.25, -0.2) is 4.79 Å². The Morgan fingerprint density at radius 3 is 2.64 bits per heavy atom. The number of hydrogen-bond donors (Lipinski definition) is 1. The van der Waals surface area contributed by atoms with Crippen LogP contribution in [-0.4, -0.2) is 25.6 Å². The van der Waals surface area contributed by atoms with Gasteiger partial charge < -0.3 is 5.32 Å². The minimum absolute atomic E-state index is 0.0948. The number of aromatic nitrogens is 2. The third-order valence-corrected chi connectivity index (χ3v) is 5.74. The van der Waals surface area contributed by atoms with E-state index >= 15 is 0 Å². The lowest BCUT2D eigenvalue weighted by atomic mass is 10.1. The zero-order valence-electron chi connectivity index (χ0n) is 15.9. The van der Waals surface area contributed by atoms with E-state index in [1.807, 2.05) is 6.92 Å². The molecule has 2 rings (SSSR count). The summed E-state index contributed by atoms with van der Waals surface area (Å²) >= 11 is 6.62. The van der Waals surface area contributed by atoms with Crippen molar-refractivity contribution in [2.75, 3.05) is 11.1 Å². The summed E-state index contributed by atoms with van der Waals surface area (Å²) in [6.07, 6.45) is 1.80. The van der Waals surface area contributed by atoms with Gasteiger partial charge in [0.2, 0.25) is 0 Å². The molecule has 28 heavy (non-hydrogen) atoms. The molecule has 8 nitrogen and oxygen atoms in total. The lowest BCUT2D eigenvalue weighted by Gasteiger charge is -2.16. The molecule has 0 unspecified atom stereocenters. The molecule has 0 atom stereocenters. The summed E-state index contributed by atoms with van der Waals surface area (Å²) in [5, 5.41) is 14.7. The molecule has 0 aliphatic rings. The van der Waals surface area contributed by atoms with E-state index in [0.717, 1.165) is 0 Å². The van der Waals surface area contributed by atoms with Gasteiger partial charge in [-0.1, -0.05) is 30.4 Å². The third-order valence-electron chi connectivity index (χ3n) is 4.21. The van der Waals surface area contributed by atoms with E-state index in [0.29, 0.717) is 21.1 Å². The lowest BCUT2D eigenvalue weighted by Crippen LogP contribution is -2.30. The molecule has 1 heterocycles. The summed E-state index contributed by atoms with van der Waals surface area (Å²) in [5.41, 5.74) is 1.24. The van der Waals surface area contributed by atoms with Crippen LogP contribution in [0.25, 0.3) is 0 Å². The van der Waals surface area contributed by atoms with Crippen LogP contribution in [0, 0.1) is 21.7 Å². The number of nitrogens with zero attached hydrogens (tertiary/aromatic N) is 3. The zero-order chi connectivity index (χ0) is 21.0. The smallest absolute Gasteiger partial charge is 0.328 e. The lowest BCUT2D eigenvalue weighted by molar-refractivity contribution is -0.384. The molecule has 1 aromatic carbocycles. The number of Topliss-reactive ketones (excluding diaryl/α,β-unsaturated/α-hetero) is 1. The first kappa shape index (κ1) is 21.6. The van der Waals surface area contributed by atoms with E-state index < -0.39 is 4.92 Å². The quantitative estimate of drug-likeness (QED) is 0.316. The van der Waals surface area contributed by atoms with Gasteiger partial charge in [-0.15, -0.1) is 11.8 Å². The van der Waals surface area contributed by atoms with Gasteiger partial charge in [0.25, 0.3) is 5.69 Å². The number of anilines is 1. The number of thioether (sulfide) groups is 1. The highest BCUT2D eigenvalue weighted by molar-refractivity contribution is 8.03. The fourth-order valence-electron chi connectivity index (χ4n) is 2.42. The van der Waals surface area contributed by atoms with Gasteiger partial charge in [-0.3, -0.25) is 24.0 Å². The van der Waals surface area contributed by atoms with Crippen molar-refractivity contribution in [3.8, 4) is 0 Å². The number of allylic oxidation sites excluding steroid dienone is 1. The Hall–Kier alpha value is -2.72. The molecular formula is C18H20N4O4S2. The number of nitrogens with one attached hydrogen (secondary N) is 1. The molecule has 0 aliphatic carbocycles. The molecule has 0 fully saturated rings. The highest BCUT2D eigenvalue weighted by Crippen LogP contribution is 2.24. The number of nitro benzene ring substituents is 1. The van der Waals surface area contributed by atoms with Crippen molar-refractivity contribution in [3.63, 3.8) is 0 Å². The number of benzene rings is 1. The summed E-state index contributed by atoms with van der Waals surface area (Å²) in [6.45, 7) is 3.60. The average Bonchev–Trinajstić information content (AvgIpc) is 2.70. The minimum atomic E-state index is -0.531. The normalized spacial score (nSPS) is 11.4. The average molecular weight is 421 g/mol.